The molecule has 0 saturated carbocycles. The lowest BCUT2D eigenvalue weighted by Crippen LogP contribution is -2.08. The van der Waals surface area contributed by atoms with Crippen LogP contribution in [0, 0.1) is 0 Å². The van der Waals surface area contributed by atoms with E-state index in [1.54, 1.807) is 18.5 Å². The van der Waals surface area contributed by atoms with E-state index in [0.29, 0.717) is 10.3 Å². The zero-order valence-corrected chi connectivity index (χ0v) is 10.7. The van der Waals surface area contributed by atoms with E-state index in [0.717, 1.165) is 0 Å². The number of rotatable bonds is 2. The first-order valence-corrected chi connectivity index (χ1v) is 6.61. The Morgan fingerprint density at radius 1 is 1.50 bits per heavy atom. The molecule has 2 rings (SSSR count). The highest BCUT2D eigenvalue weighted by atomic mass is 79.9. The number of hydrogen-bond donors (Lipinski definition) is 1. The van der Waals surface area contributed by atoms with Gasteiger partial charge in [-0.15, -0.1) is 0 Å². The van der Waals surface area contributed by atoms with Crippen LogP contribution in [0.1, 0.15) is 0 Å². The smallest absolute Gasteiger partial charge is 0.222 e. The van der Waals surface area contributed by atoms with Crippen LogP contribution >= 0.6 is 15.9 Å². The number of nitrogens with zero attached hydrogens (tertiary/aromatic N) is 4. The fourth-order valence-corrected chi connectivity index (χ4v) is 1.91. The van der Waals surface area contributed by atoms with Crippen LogP contribution in [0.2, 0.25) is 0 Å². The van der Waals surface area contributed by atoms with E-state index in [1.807, 2.05) is 0 Å². The molecule has 2 aromatic heterocycles. The Bertz CT molecular complexity index is 542. The molecule has 0 aromatic carbocycles. The first kappa shape index (κ1) is 11.2. The Labute approximate surface area is 102 Å². The van der Waals surface area contributed by atoms with Crippen molar-refractivity contribution >= 4 is 32.5 Å². The molecule has 0 aliphatic rings. The lowest BCUT2D eigenvalue weighted by atomic mass is 10.5. The van der Waals surface area contributed by atoms with Gasteiger partial charge in [0.15, 0.2) is 5.82 Å². The lowest BCUT2D eigenvalue weighted by Gasteiger charge is -2.07. The third-order valence-electron chi connectivity index (χ3n) is 1.82. The zero-order chi connectivity index (χ0) is 11.7. The summed E-state index contributed by atoms with van der Waals surface area (Å²) in [5, 5.41) is 4.22. The van der Waals surface area contributed by atoms with E-state index in [-0.39, 0.29) is 11.0 Å². The van der Waals surface area contributed by atoms with Crippen LogP contribution in [-0.4, -0.2) is 30.2 Å². The van der Waals surface area contributed by atoms with Crippen LogP contribution in [0.4, 0.5) is 5.82 Å². The van der Waals surface area contributed by atoms with E-state index >= 15 is 0 Å². The predicted octanol–water partition coefficient (Wildman–Crippen LogP) is 0.744. The van der Waals surface area contributed by atoms with Crippen molar-refractivity contribution in [3.63, 3.8) is 0 Å². The maximum atomic E-state index is 11.3. The van der Waals surface area contributed by atoms with E-state index in [4.69, 9.17) is 5.73 Å². The molecule has 84 valence electrons. The van der Waals surface area contributed by atoms with E-state index < -0.39 is 10.8 Å². The van der Waals surface area contributed by atoms with Gasteiger partial charge in [-0.05, 0) is 22.0 Å². The fraction of sp³-hybridized carbons (Fsp3) is 0.125. The second-order valence-corrected chi connectivity index (χ2v) is 5.00. The molecule has 0 aliphatic carbocycles. The molecule has 0 aliphatic heterocycles. The van der Waals surface area contributed by atoms with Gasteiger partial charge >= 0.3 is 0 Å². The molecule has 0 bridgehead atoms. The van der Waals surface area contributed by atoms with Crippen LogP contribution in [-0.2, 0) is 10.8 Å². The Morgan fingerprint density at radius 3 is 2.81 bits per heavy atom. The molecule has 1 atom stereocenters. The average molecular weight is 302 g/mol. The fourth-order valence-electron chi connectivity index (χ4n) is 1.11. The molecule has 1 unspecified atom stereocenters. The maximum absolute atomic E-state index is 11.3. The molecule has 2 heterocycles. The molecule has 8 heteroatoms. The predicted molar refractivity (Wildman–Crippen MR) is 63.6 cm³/mol. The number of hydrogen-bond acceptors (Lipinski definition) is 5. The molecule has 0 radical (unpaired) electrons. The second-order valence-electron chi connectivity index (χ2n) is 2.93. The normalized spacial score (nSPS) is 12.6. The number of halogens is 1. The van der Waals surface area contributed by atoms with Gasteiger partial charge in [-0.2, -0.15) is 10.1 Å². The van der Waals surface area contributed by atoms with E-state index in [1.165, 1.54) is 10.9 Å². The van der Waals surface area contributed by atoms with Crippen molar-refractivity contribution in [1.82, 2.24) is 19.7 Å². The number of nitrogens with two attached hydrogens (primary N) is 1. The van der Waals surface area contributed by atoms with Gasteiger partial charge in [0.05, 0.1) is 10.8 Å². The largest absolute Gasteiger partial charge is 0.383 e. The third kappa shape index (κ3) is 1.98. The summed E-state index contributed by atoms with van der Waals surface area (Å²) >= 11 is 3.28. The average Bonchev–Trinajstić information content (AvgIpc) is 2.74. The molecule has 0 fully saturated rings. The van der Waals surface area contributed by atoms with Gasteiger partial charge in [0.25, 0.3) is 0 Å². The molecule has 6 nitrogen and oxygen atoms in total. The monoisotopic (exact) mass is 301 g/mol. The Balaban J connectivity index is 2.65. The minimum absolute atomic E-state index is 0.186. The minimum atomic E-state index is -1.28. The molecule has 0 amide bonds. The molecule has 2 aromatic rings. The Morgan fingerprint density at radius 2 is 2.25 bits per heavy atom. The minimum Gasteiger partial charge on any atom is -0.383 e. The second kappa shape index (κ2) is 4.30. The number of nitrogen functional groups attached to an aromatic ring is 1. The highest BCUT2D eigenvalue weighted by Gasteiger charge is 2.13. The first-order valence-electron chi connectivity index (χ1n) is 4.26. The summed E-state index contributed by atoms with van der Waals surface area (Å²) in [7, 11) is -1.28. The van der Waals surface area contributed by atoms with Gasteiger partial charge in [-0.1, -0.05) is 0 Å². The van der Waals surface area contributed by atoms with Gasteiger partial charge < -0.3 is 5.73 Å². The van der Waals surface area contributed by atoms with Gasteiger partial charge in [0, 0.05) is 18.6 Å². The summed E-state index contributed by atoms with van der Waals surface area (Å²) in [5.41, 5.74) is 5.69. The highest BCUT2D eigenvalue weighted by Crippen LogP contribution is 2.24. The van der Waals surface area contributed by atoms with Crippen LogP contribution in [0.25, 0.3) is 5.82 Å². The molecule has 2 N–H and O–H groups in total. The van der Waals surface area contributed by atoms with Gasteiger partial charge in [0.1, 0.15) is 10.3 Å². The number of aromatic nitrogens is 4. The van der Waals surface area contributed by atoms with Gasteiger partial charge in [-0.3, -0.25) is 4.21 Å². The molecule has 16 heavy (non-hydrogen) atoms. The summed E-state index contributed by atoms with van der Waals surface area (Å²) in [6.45, 7) is 0. The summed E-state index contributed by atoms with van der Waals surface area (Å²) < 4.78 is 13.4. The van der Waals surface area contributed by atoms with Gasteiger partial charge in [0.2, 0.25) is 5.16 Å². The van der Waals surface area contributed by atoms with Crippen LogP contribution in [0.5, 0.6) is 0 Å². The summed E-state index contributed by atoms with van der Waals surface area (Å²) in [5.74, 6) is 0.716. The first-order chi connectivity index (χ1) is 7.59. The van der Waals surface area contributed by atoms with Crippen molar-refractivity contribution in [3.05, 3.63) is 22.9 Å². The highest BCUT2D eigenvalue weighted by molar-refractivity contribution is 9.10. The van der Waals surface area contributed by atoms with Crippen molar-refractivity contribution in [1.29, 1.82) is 0 Å². The SMILES string of the molecule is CS(=O)c1nc(N)c(Br)c(-n2cccn2)n1. The topological polar surface area (TPSA) is 86.7 Å². The van der Waals surface area contributed by atoms with Crippen LogP contribution in [0.15, 0.2) is 28.1 Å². The van der Waals surface area contributed by atoms with Crippen LogP contribution < -0.4 is 5.73 Å². The Kier molecular flexibility index (Phi) is 3.01. The maximum Gasteiger partial charge on any atom is 0.222 e. The third-order valence-corrected chi connectivity index (χ3v) is 3.28. The van der Waals surface area contributed by atoms with Gasteiger partial charge in [-0.25, -0.2) is 9.67 Å². The summed E-state index contributed by atoms with van der Waals surface area (Å²) in [6.07, 6.45) is 4.83. The van der Waals surface area contributed by atoms with E-state index in [2.05, 4.69) is 31.0 Å². The summed E-state index contributed by atoms with van der Waals surface area (Å²) in [4.78, 5) is 8.06. The van der Waals surface area contributed by atoms with E-state index in [9.17, 15) is 4.21 Å². The van der Waals surface area contributed by atoms with Crippen molar-refractivity contribution in [2.45, 2.75) is 5.16 Å². The summed E-state index contributed by atoms with van der Waals surface area (Å²) in [6, 6.07) is 1.76. The van der Waals surface area contributed by atoms with Crippen LogP contribution in [0.3, 0.4) is 0 Å². The molecular weight excluding hydrogens is 294 g/mol. The quantitative estimate of drug-likeness (QED) is 0.827. The number of anilines is 1. The standard InChI is InChI=1S/C8H8BrN5OS/c1-16(15)8-12-6(10)5(9)7(13-8)14-4-2-3-11-14/h2-4H,1H3,(H2,10,12,13). The zero-order valence-electron chi connectivity index (χ0n) is 8.29. The molecular formula is C8H8BrN5OS. The van der Waals surface area contributed by atoms with Crippen molar-refractivity contribution in [2.75, 3.05) is 12.0 Å². The molecule has 0 spiro atoms. The molecule has 0 saturated heterocycles. The lowest BCUT2D eigenvalue weighted by molar-refractivity contribution is 0.677. The Hall–Kier alpha value is -1.28. The van der Waals surface area contributed by atoms with Crippen molar-refractivity contribution in [2.24, 2.45) is 0 Å². The van der Waals surface area contributed by atoms with Crippen molar-refractivity contribution in [3.8, 4) is 5.82 Å². The van der Waals surface area contributed by atoms with Crippen molar-refractivity contribution < 1.29 is 4.21 Å².